The van der Waals surface area contributed by atoms with Gasteiger partial charge in [0.2, 0.25) is 0 Å². The molecule has 0 radical (unpaired) electrons. The first-order chi connectivity index (χ1) is 14.3. The van der Waals surface area contributed by atoms with Gasteiger partial charge in [0.1, 0.15) is 5.60 Å². The Bertz CT molecular complexity index is 905. The molecule has 2 nitrogen and oxygen atoms in total. The number of aliphatic hydroxyl groups excluding tert-OH is 1. The maximum atomic E-state index is 12.0. The highest BCUT2D eigenvalue weighted by Gasteiger charge is 2.33. The van der Waals surface area contributed by atoms with Gasteiger partial charge >= 0.3 is 0 Å². The van der Waals surface area contributed by atoms with E-state index in [0.29, 0.717) is 12.8 Å². The van der Waals surface area contributed by atoms with E-state index in [9.17, 15) is 10.2 Å². The van der Waals surface area contributed by atoms with Crippen molar-refractivity contribution < 1.29 is 10.2 Å². The molecule has 0 amide bonds. The summed E-state index contributed by atoms with van der Waals surface area (Å²) in [4.78, 5) is 0. The molecule has 0 saturated heterocycles. The van der Waals surface area contributed by atoms with Crippen LogP contribution in [0.3, 0.4) is 0 Å². The summed E-state index contributed by atoms with van der Waals surface area (Å²) in [5.74, 6) is 0. The van der Waals surface area contributed by atoms with Crippen molar-refractivity contribution >= 4 is 8.07 Å². The van der Waals surface area contributed by atoms with E-state index in [-0.39, 0.29) is 0 Å². The molecule has 30 heavy (non-hydrogen) atoms. The van der Waals surface area contributed by atoms with Crippen molar-refractivity contribution in [2.45, 2.75) is 44.2 Å². The monoisotopic (exact) mass is 416 g/mol. The molecule has 1 unspecified atom stereocenters. The summed E-state index contributed by atoms with van der Waals surface area (Å²) in [5, 5.41) is 22.9. The maximum Gasteiger partial charge on any atom is 0.118 e. The van der Waals surface area contributed by atoms with Crippen LogP contribution in [0.5, 0.6) is 0 Å². The predicted octanol–water partition coefficient (Wildman–Crippen LogP) is 6.24. The van der Waals surface area contributed by atoms with Gasteiger partial charge in [0, 0.05) is 6.42 Å². The molecule has 0 aliphatic rings. The second kappa shape index (κ2) is 9.56. The van der Waals surface area contributed by atoms with E-state index >= 15 is 0 Å². The first kappa shape index (κ1) is 22.2. The van der Waals surface area contributed by atoms with Crippen molar-refractivity contribution in [3.63, 3.8) is 0 Å². The van der Waals surface area contributed by atoms with Gasteiger partial charge in [-0.3, -0.25) is 0 Å². The first-order valence-corrected chi connectivity index (χ1v) is 14.1. The lowest BCUT2D eigenvalue weighted by Gasteiger charge is -2.32. The fourth-order valence-electron chi connectivity index (χ4n) is 3.96. The third kappa shape index (κ3) is 5.79. The molecule has 0 spiro atoms. The standard InChI is InChI=1S/C27H32O2Si/c1-30(2,3)21-22(19-26(28)23-13-7-4-8-14-23)20-27(29,24-15-9-5-10-16-24)25-17-11-6-12-18-25/h4-18,21,26,28-29H,19-20H2,1-3H3/b22-21+. The summed E-state index contributed by atoms with van der Waals surface area (Å²) in [5.41, 5.74) is 4.92. The van der Waals surface area contributed by atoms with Crippen molar-refractivity contribution in [2.24, 2.45) is 0 Å². The van der Waals surface area contributed by atoms with E-state index < -0.39 is 19.8 Å². The molecule has 0 aromatic heterocycles. The molecule has 1 atom stereocenters. The molecule has 0 saturated carbocycles. The quantitative estimate of drug-likeness (QED) is 0.427. The second-order valence-electron chi connectivity index (χ2n) is 9.07. The minimum atomic E-state index is -1.57. The molecule has 3 heteroatoms. The molecule has 0 bridgehead atoms. The van der Waals surface area contributed by atoms with Crippen LogP contribution in [0.15, 0.2) is 102 Å². The molecule has 0 aliphatic heterocycles. The van der Waals surface area contributed by atoms with Gasteiger partial charge < -0.3 is 10.2 Å². The SMILES string of the molecule is C[Si](C)(C)/C=C(\CC(O)c1ccccc1)CC(O)(c1ccccc1)c1ccccc1. The number of hydrogen-bond acceptors (Lipinski definition) is 2. The van der Waals surface area contributed by atoms with E-state index in [4.69, 9.17) is 0 Å². The molecule has 2 N–H and O–H groups in total. The largest absolute Gasteiger partial charge is 0.388 e. The van der Waals surface area contributed by atoms with Gasteiger partial charge in [0.25, 0.3) is 0 Å². The number of aliphatic hydroxyl groups is 2. The smallest absolute Gasteiger partial charge is 0.118 e. The Labute approximate surface area is 181 Å². The molecule has 3 aromatic rings. The third-order valence-corrected chi connectivity index (χ3v) is 6.54. The predicted molar refractivity (Wildman–Crippen MR) is 128 cm³/mol. The van der Waals surface area contributed by atoms with Gasteiger partial charge in [-0.15, -0.1) is 0 Å². The van der Waals surface area contributed by atoms with Crippen LogP contribution in [0.2, 0.25) is 19.6 Å². The average Bonchev–Trinajstić information content (AvgIpc) is 2.74. The van der Waals surface area contributed by atoms with Gasteiger partial charge in [0.15, 0.2) is 0 Å². The molecular formula is C27H32O2Si. The fraction of sp³-hybridized carbons (Fsp3) is 0.259. The summed E-state index contributed by atoms with van der Waals surface area (Å²) < 4.78 is 0. The molecule has 0 fully saturated rings. The average molecular weight is 417 g/mol. The Hall–Kier alpha value is -2.46. The third-order valence-electron chi connectivity index (χ3n) is 5.26. The van der Waals surface area contributed by atoms with Gasteiger partial charge in [-0.1, -0.05) is 122 Å². The van der Waals surface area contributed by atoms with Crippen molar-refractivity contribution in [3.8, 4) is 0 Å². The van der Waals surface area contributed by atoms with Crippen LogP contribution in [-0.2, 0) is 5.60 Å². The molecule has 156 valence electrons. The molecule has 3 rings (SSSR count). The van der Waals surface area contributed by atoms with E-state index in [2.05, 4.69) is 25.3 Å². The van der Waals surface area contributed by atoms with Gasteiger partial charge in [-0.05, 0) is 23.1 Å². The van der Waals surface area contributed by atoms with Crippen LogP contribution in [0.4, 0.5) is 0 Å². The molecular weight excluding hydrogens is 384 g/mol. The van der Waals surface area contributed by atoms with Crippen LogP contribution >= 0.6 is 0 Å². The number of benzene rings is 3. The van der Waals surface area contributed by atoms with Gasteiger partial charge in [-0.25, -0.2) is 0 Å². The highest BCUT2D eigenvalue weighted by Crippen LogP contribution is 2.38. The van der Waals surface area contributed by atoms with E-state index in [0.717, 1.165) is 22.3 Å². The Morgan fingerprint density at radius 3 is 1.67 bits per heavy atom. The molecule has 3 aromatic carbocycles. The molecule has 0 heterocycles. The summed E-state index contributed by atoms with van der Waals surface area (Å²) >= 11 is 0. The Kier molecular flexibility index (Phi) is 7.09. The summed E-state index contributed by atoms with van der Waals surface area (Å²) in [6.45, 7) is 6.85. The fourth-order valence-corrected chi connectivity index (χ4v) is 5.41. The first-order valence-electron chi connectivity index (χ1n) is 10.5. The summed E-state index contributed by atoms with van der Waals surface area (Å²) in [6.07, 6.45) is 0.371. The van der Waals surface area contributed by atoms with Crippen LogP contribution in [0.25, 0.3) is 0 Å². The summed E-state index contributed by atoms with van der Waals surface area (Å²) in [7, 11) is -1.57. The van der Waals surface area contributed by atoms with Gasteiger partial charge in [0.05, 0.1) is 14.2 Å². The lowest BCUT2D eigenvalue weighted by Crippen LogP contribution is -2.29. The zero-order valence-corrected chi connectivity index (χ0v) is 19.1. The molecule has 0 aliphatic carbocycles. The minimum absolute atomic E-state index is 0.454. The van der Waals surface area contributed by atoms with Crippen molar-refractivity contribution in [2.75, 3.05) is 0 Å². The maximum absolute atomic E-state index is 12.0. The zero-order chi connectivity index (χ0) is 21.6. The van der Waals surface area contributed by atoms with E-state index in [1.54, 1.807) is 0 Å². The summed E-state index contributed by atoms with van der Waals surface area (Å²) in [6, 6.07) is 29.5. The minimum Gasteiger partial charge on any atom is -0.388 e. The Morgan fingerprint density at radius 1 is 0.800 bits per heavy atom. The van der Waals surface area contributed by atoms with Gasteiger partial charge in [-0.2, -0.15) is 0 Å². The second-order valence-corrected chi connectivity index (χ2v) is 14.1. The van der Waals surface area contributed by atoms with Crippen LogP contribution in [-0.4, -0.2) is 18.3 Å². The van der Waals surface area contributed by atoms with Crippen LogP contribution < -0.4 is 0 Å². The van der Waals surface area contributed by atoms with Crippen molar-refractivity contribution in [1.82, 2.24) is 0 Å². The number of rotatable bonds is 8. The topological polar surface area (TPSA) is 40.5 Å². The van der Waals surface area contributed by atoms with Crippen LogP contribution in [0, 0.1) is 0 Å². The number of hydrogen-bond donors (Lipinski definition) is 2. The Morgan fingerprint density at radius 2 is 1.23 bits per heavy atom. The highest BCUT2D eigenvalue weighted by molar-refractivity contribution is 6.81. The Balaban J connectivity index is 2.00. The lowest BCUT2D eigenvalue weighted by atomic mass is 9.80. The van der Waals surface area contributed by atoms with E-state index in [1.807, 2.05) is 91.0 Å². The normalized spacial score (nSPS) is 13.8. The zero-order valence-electron chi connectivity index (χ0n) is 18.1. The van der Waals surface area contributed by atoms with Crippen LogP contribution in [0.1, 0.15) is 35.6 Å². The van der Waals surface area contributed by atoms with E-state index in [1.165, 1.54) is 0 Å². The van der Waals surface area contributed by atoms with Crippen molar-refractivity contribution in [1.29, 1.82) is 0 Å². The highest BCUT2D eigenvalue weighted by atomic mass is 28.3. The van der Waals surface area contributed by atoms with Crippen molar-refractivity contribution in [3.05, 3.63) is 119 Å². The lowest BCUT2D eigenvalue weighted by molar-refractivity contribution is 0.0772.